The van der Waals surface area contributed by atoms with Gasteiger partial charge in [0.2, 0.25) is 11.8 Å². The number of benzene rings is 1. The van der Waals surface area contributed by atoms with Crippen LogP contribution in [0.4, 0.5) is 5.82 Å². The standard InChI is InChI=1S/C18H16ClN5O2/c1-10-17-13(11-4-3-5-12(19)8-11)9-15(25)20-18(17)24(23-10)14-6-7-16(26-2)22-21-14/h3-8,13H,9H2,1-2H3,(H,20,25). The topological polar surface area (TPSA) is 81.9 Å². The first-order valence-electron chi connectivity index (χ1n) is 8.09. The van der Waals surface area contributed by atoms with Crippen molar-refractivity contribution >= 4 is 23.3 Å². The maximum atomic E-state index is 12.3. The van der Waals surface area contributed by atoms with Gasteiger partial charge in [0.25, 0.3) is 0 Å². The van der Waals surface area contributed by atoms with Gasteiger partial charge < -0.3 is 10.1 Å². The van der Waals surface area contributed by atoms with Crippen LogP contribution < -0.4 is 10.1 Å². The fraction of sp³-hybridized carbons (Fsp3) is 0.222. The third-order valence-electron chi connectivity index (χ3n) is 4.41. The zero-order valence-electron chi connectivity index (χ0n) is 14.2. The number of nitrogens with zero attached hydrogens (tertiary/aromatic N) is 4. The SMILES string of the molecule is COc1ccc(-n2nc(C)c3c2NC(=O)CC3c2cccc(Cl)c2)nn1. The number of amides is 1. The van der Waals surface area contributed by atoms with E-state index in [1.807, 2.05) is 31.2 Å². The summed E-state index contributed by atoms with van der Waals surface area (Å²) < 4.78 is 6.64. The van der Waals surface area contributed by atoms with Crippen LogP contribution in [0.3, 0.4) is 0 Å². The molecule has 1 unspecified atom stereocenters. The minimum atomic E-state index is -0.114. The Labute approximate surface area is 155 Å². The lowest BCUT2D eigenvalue weighted by molar-refractivity contribution is -0.116. The summed E-state index contributed by atoms with van der Waals surface area (Å²) in [5.41, 5.74) is 2.77. The smallest absolute Gasteiger partial charge is 0.233 e. The number of aryl methyl sites for hydroxylation is 1. The number of halogens is 1. The predicted molar refractivity (Wildman–Crippen MR) is 97.0 cm³/mol. The molecule has 2 aromatic heterocycles. The summed E-state index contributed by atoms with van der Waals surface area (Å²) in [6.45, 7) is 1.92. The first-order chi connectivity index (χ1) is 12.6. The Morgan fingerprint density at radius 3 is 2.81 bits per heavy atom. The van der Waals surface area contributed by atoms with E-state index in [-0.39, 0.29) is 11.8 Å². The van der Waals surface area contributed by atoms with E-state index >= 15 is 0 Å². The van der Waals surface area contributed by atoms with E-state index in [1.54, 1.807) is 16.8 Å². The van der Waals surface area contributed by atoms with Crippen molar-refractivity contribution < 1.29 is 9.53 Å². The molecule has 1 N–H and O–H groups in total. The molecule has 1 aromatic carbocycles. The van der Waals surface area contributed by atoms with Crippen LogP contribution >= 0.6 is 11.6 Å². The molecule has 1 atom stereocenters. The number of aromatic nitrogens is 4. The van der Waals surface area contributed by atoms with Gasteiger partial charge in [-0.3, -0.25) is 4.79 Å². The molecule has 26 heavy (non-hydrogen) atoms. The van der Waals surface area contributed by atoms with Gasteiger partial charge in [0.1, 0.15) is 5.82 Å². The van der Waals surface area contributed by atoms with Gasteiger partial charge in [0, 0.05) is 29.0 Å². The van der Waals surface area contributed by atoms with Crippen molar-refractivity contribution in [2.24, 2.45) is 0 Å². The average Bonchev–Trinajstić information content (AvgIpc) is 2.97. The van der Waals surface area contributed by atoms with Gasteiger partial charge in [0.15, 0.2) is 5.82 Å². The molecule has 0 saturated heterocycles. The molecule has 8 heteroatoms. The average molecular weight is 370 g/mol. The first kappa shape index (κ1) is 16.5. The van der Waals surface area contributed by atoms with E-state index in [0.717, 1.165) is 16.8 Å². The molecule has 0 spiro atoms. The Morgan fingerprint density at radius 1 is 1.27 bits per heavy atom. The predicted octanol–water partition coefficient (Wildman–Crippen LogP) is 3.11. The molecule has 1 amide bonds. The monoisotopic (exact) mass is 369 g/mol. The van der Waals surface area contributed by atoms with Crippen molar-refractivity contribution in [3.63, 3.8) is 0 Å². The Hall–Kier alpha value is -2.93. The number of fused-ring (bicyclic) bond motifs is 1. The molecule has 1 aliphatic heterocycles. The van der Waals surface area contributed by atoms with Crippen LogP contribution in [0, 0.1) is 6.92 Å². The van der Waals surface area contributed by atoms with Gasteiger partial charge in [-0.1, -0.05) is 23.7 Å². The summed E-state index contributed by atoms with van der Waals surface area (Å²) in [6.07, 6.45) is 0.341. The van der Waals surface area contributed by atoms with Crippen molar-refractivity contribution in [3.8, 4) is 11.7 Å². The summed E-state index contributed by atoms with van der Waals surface area (Å²) in [5, 5.41) is 16.2. The maximum Gasteiger partial charge on any atom is 0.233 e. The Balaban J connectivity index is 1.84. The summed E-state index contributed by atoms with van der Waals surface area (Å²) in [5.74, 6) is 1.33. The van der Waals surface area contributed by atoms with Gasteiger partial charge >= 0.3 is 0 Å². The second-order valence-electron chi connectivity index (χ2n) is 6.05. The molecular weight excluding hydrogens is 354 g/mol. The van der Waals surface area contributed by atoms with E-state index in [4.69, 9.17) is 16.3 Å². The highest BCUT2D eigenvalue weighted by molar-refractivity contribution is 6.30. The fourth-order valence-corrected chi connectivity index (χ4v) is 3.45. The van der Waals surface area contributed by atoms with Crippen molar-refractivity contribution in [1.82, 2.24) is 20.0 Å². The van der Waals surface area contributed by atoms with E-state index in [0.29, 0.717) is 29.0 Å². The van der Waals surface area contributed by atoms with Crippen LogP contribution in [0.15, 0.2) is 36.4 Å². The van der Waals surface area contributed by atoms with Crippen molar-refractivity contribution in [3.05, 3.63) is 58.2 Å². The molecule has 0 aliphatic carbocycles. The van der Waals surface area contributed by atoms with E-state index in [2.05, 4.69) is 20.6 Å². The minimum Gasteiger partial charge on any atom is -0.480 e. The van der Waals surface area contributed by atoms with Crippen LogP contribution in [0.25, 0.3) is 5.82 Å². The van der Waals surface area contributed by atoms with E-state index in [9.17, 15) is 4.79 Å². The molecule has 4 rings (SSSR count). The van der Waals surface area contributed by atoms with Gasteiger partial charge in [-0.2, -0.15) is 9.78 Å². The number of ether oxygens (including phenoxy) is 1. The Kier molecular flexibility index (Phi) is 4.08. The van der Waals surface area contributed by atoms with Crippen molar-refractivity contribution in [2.45, 2.75) is 19.3 Å². The molecule has 3 heterocycles. The number of carbonyl (C=O) groups is 1. The highest BCUT2D eigenvalue weighted by Crippen LogP contribution is 2.40. The molecule has 7 nitrogen and oxygen atoms in total. The lowest BCUT2D eigenvalue weighted by Crippen LogP contribution is -2.25. The summed E-state index contributed by atoms with van der Waals surface area (Å²) in [6, 6.07) is 11.0. The molecule has 1 aliphatic rings. The van der Waals surface area contributed by atoms with Crippen LogP contribution in [-0.2, 0) is 4.79 Å². The Bertz CT molecular complexity index is 984. The van der Waals surface area contributed by atoms with Gasteiger partial charge in [-0.05, 0) is 30.7 Å². The van der Waals surface area contributed by atoms with E-state index < -0.39 is 0 Å². The lowest BCUT2D eigenvalue weighted by atomic mass is 9.86. The highest BCUT2D eigenvalue weighted by Gasteiger charge is 2.33. The van der Waals surface area contributed by atoms with Crippen LogP contribution in [-0.4, -0.2) is 33.0 Å². The fourth-order valence-electron chi connectivity index (χ4n) is 3.26. The lowest BCUT2D eigenvalue weighted by Gasteiger charge is -2.24. The summed E-state index contributed by atoms with van der Waals surface area (Å²) >= 11 is 6.15. The zero-order chi connectivity index (χ0) is 18.3. The molecular formula is C18H16ClN5O2. The molecule has 0 saturated carbocycles. The molecule has 0 fully saturated rings. The molecule has 132 valence electrons. The second kappa shape index (κ2) is 6.42. The number of hydrogen-bond acceptors (Lipinski definition) is 5. The number of hydrogen-bond donors (Lipinski definition) is 1. The number of nitrogens with one attached hydrogen (secondary N) is 1. The maximum absolute atomic E-state index is 12.3. The van der Waals surface area contributed by atoms with E-state index in [1.165, 1.54) is 7.11 Å². The third kappa shape index (κ3) is 2.80. The van der Waals surface area contributed by atoms with Crippen LogP contribution in [0.5, 0.6) is 5.88 Å². The normalized spacial score (nSPS) is 16.1. The quantitative estimate of drug-likeness (QED) is 0.767. The molecule has 3 aromatic rings. The van der Waals surface area contributed by atoms with Gasteiger partial charge in [-0.25, -0.2) is 0 Å². The van der Waals surface area contributed by atoms with Crippen LogP contribution in [0.2, 0.25) is 5.02 Å². The number of rotatable bonds is 3. The molecule has 0 bridgehead atoms. The van der Waals surface area contributed by atoms with Crippen molar-refractivity contribution in [2.75, 3.05) is 12.4 Å². The number of anilines is 1. The molecule has 0 radical (unpaired) electrons. The number of methoxy groups -OCH3 is 1. The number of carbonyl (C=O) groups excluding carboxylic acids is 1. The van der Waals surface area contributed by atoms with Crippen LogP contribution in [0.1, 0.15) is 29.2 Å². The van der Waals surface area contributed by atoms with Crippen molar-refractivity contribution in [1.29, 1.82) is 0 Å². The zero-order valence-corrected chi connectivity index (χ0v) is 15.0. The van der Waals surface area contributed by atoms with Gasteiger partial charge in [-0.15, -0.1) is 10.2 Å². The summed E-state index contributed by atoms with van der Waals surface area (Å²) in [4.78, 5) is 12.3. The minimum absolute atomic E-state index is 0.0786. The largest absolute Gasteiger partial charge is 0.480 e. The first-order valence-corrected chi connectivity index (χ1v) is 8.47. The Morgan fingerprint density at radius 2 is 2.12 bits per heavy atom. The highest BCUT2D eigenvalue weighted by atomic mass is 35.5. The third-order valence-corrected chi connectivity index (χ3v) is 4.64. The second-order valence-corrected chi connectivity index (χ2v) is 6.49. The summed E-state index contributed by atoms with van der Waals surface area (Å²) in [7, 11) is 1.53. The van der Waals surface area contributed by atoms with Gasteiger partial charge in [0.05, 0.1) is 12.8 Å².